The summed E-state index contributed by atoms with van der Waals surface area (Å²) in [5, 5.41) is 11.1. The number of nitrogens with zero attached hydrogens (tertiary/aromatic N) is 7. The number of imidazole rings is 2. The second-order valence-corrected chi connectivity index (χ2v) is 13.4. The number of aliphatic hydroxyl groups is 1. The molecule has 7 unspecified atom stereocenters. The molecule has 0 radical (unpaired) electrons. The number of hydrogen-bond acceptors (Lipinski definition) is 16. The largest absolute Gasteiger partial charge is 0.472 e. The van der Waals surface area contributed by atoms with E-state index in [1.807, 2.05) is 0 Å². The number of phosphoric acid groups is 2. The normalized spacial score (nSPS) is 36.6. The average Bonchev–Trinajstić information content (AvgIpc) is 3.72. The van der Waals surface area contributed by atoms with E-state index in [1.54, 1.807) is 4.57 Å². The molecule has 0 aromatic carbocycles. The standard InChI is InChI=1S/C21H26N10O11P2/c22-16-12-17(25-5-24-16)31(7-26-12)20-14(32)15-11(40-20)4-39-43(34,35)41-10-2-9(1-8(10)3-38-44(36,37)42-15)30-6-27-13-18(30)28-21(23)29-19(13)33/h5-11,14-15,20,32H,1-4H2,(H,34,35)(H,36,37)(H2,22,24,25)(H3,23,28,29,33)/t8?,9-,10-,11?,14?,15?,20?/m1/s1. The number of phosphoric ester groups is 2. The van der Waals surface area contributed by atoms with Gasteiger partial charge >= 0.3 is 15.6 Å². The molecule has 23 heteroatoms. The van der Waals surface area contributed by atoms with Gasteiger partial charge < -0.3 is 35.7 Å². The van der Waals surface area contributed by atoms with E-state index in [0.29, 0.717) is 0 Å². The summed E-state index contributed by atoms with van der Waals surface area (Å²) in [4.78, 5) is 56.2. The first-order valence-corrected chi connectivity index (χ1v) is 16.2. The molecule has 21 nitrogen and oxygen atoms in total. The van der Waals surface area contributed by atoms with Crippen LogP contribution in [0.25, 0.3) is 22.3 Å². The van der Waals surface area contributed by atoms with Crippen molar-refractivity contribution in [3.8, 4) is 0 Å². The number of H-pyrrole nitrogens is 1. The van der Waals surface area contributed by atoms with Crippen LogP contribution in [0, 0.1) is 5.92 Å². The Balaban J connectivity index is 1.15. The molecule has 6 heterocycles. The molecular formula is C21H26N10O11P2. The number of rotatable bonds is 2. The SMILES string of the molecule is Nc1nc2c(ncn2[C@@H]2CC3COP(=O)(O)OC4C(COP(=O)(O)O[C@@H]3C2)OC(n2cnc3c(N)ncnc32)C4O)c(=O)[nH]1. The molecule has 2 saturated heterocycles. The molecule has 0 bridgehead atoms. The molecule has 8 N–H and O–H groups in total. The van der Waals surface area contributed by atoms with E-state index < -0.39 is 77.0 Å². The van der Waals surface area contributed by atoms with Gasteiger partial charge in [-0.25, -0.2) is 29.1 Å². The maximum atomic E-state index is 13.1. The quantitative estimate of drug-likeness (QED) is 0.146. The number of aromatic nitrogens is 8. The molecule has 0 spiro atoms. The second-order valence-electron chi connectivity index (χ2n) is 10.5. The number of nitrogen functional groups attached to an aromatic ring is 2. The summed E-state index contributed by atoms with van der Waals surface area (Å²) in [7, 11) is -9.64. The van der Waals surface area contributed by atoms with Crippen molar-refractivity contribution in [1.82, 2.24) is 39.0 Å². The predicted octanol–water partition coefficient (Wildman–Crippen LogP) is -0.649. The van der Waals surface area contributed by atoms with Crippen LogP contribution in [0.3, 0.4) is 0 Å². The van der Waals surface area contributed by atoms with Crippen LogP contribution in [0.1, 0.15) is 25.1 Å². The Morgan fingerprint density at radius 1 is 0.909 bits per heavy atom. The first-order valence-electron chi connectivity index (χ1n) is 13.2. The summed E-state index contributed by atoms with van der Waals surface area (Å²) < 4.78 is 56.4. The highest BCUT2D eigenvalue weighted by atomic mass is 31.2. The monoisotopic (exact) mass is 656 g/mol. The van der Waals surface area contributed by atoms with Crippen LogP contribution in [0.15, 0.2) is 23.8 Å². The van der Waals surface area contributed by atoms with Crippen LogP contribution in [-0.2, 0) is 32.0 Å². The molecule has 9 atom stereocenters. The van der Waals surface area contributed by atoms with Crippen molar-refractivity contribution in [3.63, 3.8) is 0 Å². The number of nitrogens with two attached hydrogens (primary N) is 2. The highest BCUT2D eigenvalue weighted by molar-refractivity contribution is 7.47. The Bertz CT molecular complexity index is 1900. The van der Waals surface area contributed by atoms with Gasteiger partial charge in [-0.15, -0.1) is 0 Å². The van der Waals surface area contributed by atoms with Gasteiger partial charge in [0.2, 0.25) is 5.95 Å². The number of anilines is 2. The molecule has 3 fully saturated rings. The van der Waals surface area contributed by atoms with Gasteiger partial charge in [0.05, 0.1) is 32.0 Å². The molecule has 0 amide bonds. The summed E-state index contributed by atoms with van der Waals surface area (Å²) in [5.74, 6) is -0.780. The Morgan fingerprint density at radius 2 is 1.64 bits per heavy atom. The lowest BCUT2D eigenvalue weighted by atomic mass is 10.1. The number of aliphatic hydroxyl groups excluding tert-OH is 1. The van der Waals surface area contributed by atoms with Crippen LogP contribution in [0.4, 0.5) is 11.8 Å². The third-order valence-corrected chi connectivity index (χ3v) is 9.79. The molecule has 3 aliphatic rings. The number of nitrogens with one attached hydrogen (secondary N) is 1. The van der Waals surface area contributed by atoms with E-state index in [0.717, 1.165) is 0 Å². The number of fused-ring (bicyclic) bond motifs is 4. The van der Waals surface area contributed by atoms with Crippen LogP contribution < -0.4 is 17.0 Å². The van der Waals surface area contributed by atoms with Gasteiger partial charge in [-0.1, -0.05) is 0 Å². The van der Waals surface area contributed by atoms with Crippen molar-refractivity contribution >= 4 is 49.7 Å². The molecule has 2 aliphatic heterocycles. The maximum Gasteiger partial charge on any atom is 0.472 e. The lowest BCUT2D eigenvalue weighted by Gasteiger charge is -2.27. The van der Waals surface area contributed by atoms with Gasteiger partial charge in [0.1, 0.15) is 30.2 Å². The highest BCUT2D eigenvalue weighted by Gasteiger charge is 2.51. The fourth-order valence-corrected chi connectivity index (χ4v) is 7.82. The fraction of sp³-hybridized carbons (Fsp3) is 0.524. The third-order valence-electron chi connectivity index (χ3n) is 7.80. The van der Waals surface area contributed by atoms with Gasteiger partial charge in [0.25, 0.3) is 5.56 Å². The second kappa shape index (κ2) is 10.6. The lowest BCUT2D eigenvalue weighted by Crippen LogP contribution is -2.36. The van der Waals surface area contributed by atoms with Crippen LogP contribution in [0.2, 0.25) is 0 Å². The van der Waals surface area contributed by atoms with Crippen molar-refractivity contribution in [3.05, 3.63) is 29.3 Å². The van der Waals surface area contributed by atoms with Crippen LogP contribution in [-0.4, -0.2) is 91.6 Å². The topological polar surface area (TPSA) is 300 Å². The van der Waals surface area contributed by atoms with Crippen molar-refractivity contribution in [1.29, 1.82) is 0 Å². The van der Waals surface area contributed by atoms with Crippen molar-refractivity contribution in [2.24, 2.45) is 5.92 Å². The van der Waals surface area contributed by atoms with E-state index in [2.05, 4.69) is 29.9 Å². The highest BCUT2D eigenvalue weighted by Crippen LogP contribution is 2.55. The van der Waals surface area contributed by atoms with Gasteiger partial charge in [-0.3, -0.25) is 32.4 Å². The summed E-state index contributed by atoms with van der Waals surface area (Å²) in [6, 6.07) is -0.482. The summed E-state index contributed by atoms with van der Waals surface area (Å²) >= 11 is 0. The van der Waals surface area contributed by atoms with E-state index >= 15 is 0 Å². The minimum atomic E-state index is -4.87. The van der Waals surface area contributed by atoms with Crippen LogP contribution in [0.5, 0.6) is 0 Å². The Morgan fingerprint density at radius 3 is 2.45 bits per heavy atom. The maximum absolute atomic E-state index is 13.1. The Labute approximate surface area is 245 Å². The summed E-state index contributed by atoms with van der Waals surface area (Å²) in [5.41, 5.74) is 11.6. The zero-order valence-corrected chi connectivity index (χ0v) is 24.2. The summed E-state index contributed by atoms with van der Waals surface area (Å²) in [6.07, 6.45) is -2.70. The van der Waals surface area contributed by atoms with Gasteiger partial charge in [-0.2, -0.15) is 4.98 Å². The minimum absolute atomic E-state index is 0.0368. The number of hydrogen-bond donors (Lipinski definition) is 6. The molecule has 4 aromatic rings. The third kappa shape index (κ3) is 5.20. The molecule has 4 aromatic heterocycles. The zero-order chi connectivity index (χ0) is 31.0. The van der Waals surface area contributed by atoms with Crippen molar-refractivity contribution < 1.29 is 46.9 Å². The summed E-state index contributed by atoms with van der Waals surface area (Å²) in [6.45, 7) is -1.13. The van der Waals surface area contributed by atoms with E-state index in [4.69, 9.17) is 34.3 Å². The van der Waals surface area contributed by atoms with E-state index in [9.17, 15) is 28.8 Å². The van der Waals surface area contributed by atoms with Gasteiger partial charge in [-0.05, 0) is 12.8 Å². The van der Waals surface area contributed by atoms with Crippen molar-refractivity contribution in [2.75, 3.05) is 24.7 Å². The molecule has 1 aliphatic carbocycles. The molecule has 236 valence electrons. The van der Waals surface area contributed by atoms with Gasteiger partial charge in [0.15, 0.2) is 28.9 Å². The van der Waals surface area contributed by atoms with E-state index in [1.165, 1.54) is 23.5 Å². The van der Waals surface area contributed by atoms with Gasteiger partial charge in [0, 0.05) is 12.0 Å². The Hall–Kier alpha value is -3.36. The Kier molecular flexibility index (Phi) is 7.09. The molecular weight excluding hydrogens is 630 g/mol. The average molecular weight is 656 g/mol. The predicted molar refractivity (Wildman–Crippen MR) is 145 cm³/mol. The fourth-order valence-electron chi connectivity index (χ4n) is 5.81. The molecule has 1 saturated carbocycles. The number of ether oxygens (including phenoxy) is 1. The molecule has 44 heavy (non-hydrogen) atoms. The van der Waals surface area contributed by atoms with E-state index in [-0.39, 0.29) is 46.9 Å². The smallest absolute Gasteiger partial charge is 0.386 e. The van der Waals surface area contributed by atoms with Crippen molar-refractivity contribution in [2.45, 2.75) is 49.5 Å². The van der Waals surface area contributed by atoms with Crippen LogP contribution >= 0.6 is 15.6 Å². The lowest BCUT2D eigenvalue weighted by molar-refractivity contribution is -0.0551. The number of aromatic amines is 1. The first-order chi connectivity index (χ1) is 20.9. The zero-order valence-electron chi connectivity index (χ0n) is 22.4. The molecule has 7 rings (SSSR count). The minimum Gasteiger partial charge on any atom is -0.386 e. The first kappa shape index (κ1) is 29.4.